The van der Waals surface area contributed by atoms with Crippen LogP contribution in [0.15, 0.2) is 24.3 Å². The number of amides is 1. The van der Waals surface area contributed by atoms with E-state index in [-0.39, 0.29) is 30.3 Å². The molecule has 19 heavy (non-hydrogen) atoms. The van der Waals surface area contributed by atoms with Crippen molar-refractivity contribution in [1.82, 2.24) is 5.32 Å². The molecule has 5 heteroatoms. The van der Waals surface area contributed by atoms with E-state index in [0.717, 1.165) is 5.56 Å². The second-order valence-electron chi connectivity index (χ2n) is 4.80. The zero-order valence-corrected chi connectivity index (χ0v) is 12.2. The van der Waals surface area contributed by atoms with Gasteiger partial charge in [0, 0.05) is 18.7 Å². The molecule has 0 spiro atoms. The molecule has 0 heterocycles. The highest BCUT2D eigenvalue weighted by atomic mass is 35.5. The van der Waals surface area contributed by atoms with Crippen molar-refractivity contribution in [2.75, 3.05) is 6.54 Å². The maximum Gasteiger partial charge on any atom is 0.251 e. The fourth-order valence-electron chi connectivity index (χ4n) is 1.83. The van der Waals surface area contributed by atoms with Crippen molar-refractivity contribution >= 4 is 18.3 Å². The normalized spacial score (nSPS) is 13.3. The lowest BCUT2D eigenvalue weighted by atomic mass is 10.0. The lowest BCUT2D eigenvalue weighted by molar-refractivity contribution is 0.0939. The smallest absolute Gasteiger partial charge is 0.251 e. The van der Waals surface area contributed by atoms with Crippen molar-refractivity contribution in [3.8, 4) is 0 Å². The number of benzene rings is 1. The Labute approximate surface area is 120 Å². The van der Waals surface area contributed by atoms with Gasteiger partial charge in [-0.2, -0.15) is 0 Å². The molecule has 0 aliphatic heterocycles. The summed E-state index contributed by atoms with van der Waals surface area (Å²) in [4.78, 5) is 11.8. The lowest BCUT2D eigenvalue weighted by Crippen LogP contribution is -2.29. The van der Waals surface area contributed by atoms with Crippen LogP contribution in [0.4, 0.5) is 0 Å². The Kier molecular flexibility index (Phi) is 8.39. The third-order valence-electron chi connectivity index (χ3n) is 2.81. The molecule has 4 nitrogen and oxygen atoms in total. The van der Waals surface area contributed by atoms with E-state index in [1.165, 1.54) is 0 Å². The second kappa shape index (κ2) is 8.91. The van der Waals surface area contributed by atoms with E-state index in [2.05, 4.69) is 5.32 Å². The summed E-state index contributed by atoms with van der Waals surface area (Å²) in [6, 6.07) is 7.26. The van der Waals surface area contributed by atoms with Crippen LogP contribution in [0, 0.1) is 5.92 Å². The van der Waals surface area contributed by atoms with E-state index in [0.29, 0.717) is 25.1 Å². The van der Waals surface area contributed by atoms with Gasteiger partial charge in [-0.3, -0.25) is 4.79 Å². The molecular formula is C14H23ClN2O2. The van der Waals surface area contributed by atoms with Gasteiger partial charge in [0.15, 0.2) is 0 Å². The number of nitrogens with two attached hydrogens (primary N) is 1. The Morgan fingerprint density at radius 1 is 1.32 bits per heavy atom. The predicted octanol–water partition coefficient (Wildman–Crippen LogP) is 1.70. The fourth-order valence-corrected chi connectivity index (χ4v) is 1.83. The Hall–Kier alpha value is -1.10. The predicted molar refractivity (Wildman–Crippen MR) is 79.4 cm³/mol. The molecule has 108 valence electrons. The monoisotopic (exact) mass is 286 g/mol. The number of aliphatic hydroxyl groups is 1. The Balaban J connectivity index is 0.00000324. The maximum atomic E-state index is 11.8. The van der Waals surface area contributed by atoms with Gasteiger partial charge in [0.1, 0.15) is 0 Å². The van der Waals surface area contributed by atoms with E-state index >= 15 is 0 Å². The topological polar surface area (TPSA) is 75.3 Å². The van der Waals surface area contributed by atoms with Crippen LogP contribution in [0.1, 0.15) is 36.2 Å². The average Bonchev–Trinajstić information content (AvgIpc) is 2.35. The molecule has 1 rings (SSSR count). The molecule has 1 amide bonds. The largest absolute Gasteiger partial charge is 0.393 e. The summed E-state index contributed by atoms with van der Waals surface area (Å²) in [5.41, 5.74) is 7.14. The zero-order chi connectivity index (χ0) is 13.5. The van der Waals surface area contributed by atoms with Gasteiger partial charge in [0.2, 0.25) is 0 Å². The summed E-state index contributed by atoms with van der Waals surface area (Å²) in [5.74, 6) is 0.174. The van der Waals surface area contributed by atoms with E-state index < -0.39 is 0 Å². The Bertz CT molecular complexity index is 380. The number of carbonyl (C=O) groups excluding carboxylic acids is 1. The summed E-state index contributed by atoms with van der Waals surface area (Å²) >= 11 is 0. The van der Waals surface area contributed by atoms with Crippen molar-refractivity contribution in [2.24, 2.45) is 11.7 Å². The van der Waals surface area contributed by atoms with Crippen LogP contribution in [0.2, 0.25) is 0 Å². The summed E-state index contributed by atoms with van der Waals surface area (Å²) in [6.45, 7) is 4.81. The molecule has 0 radical (unpaired) electrons. The second-order valence-corrected chi connectivity index (χ2v) is 4.80. The zero-order valence-electron chi connectivity index (χ0n) is 11.4. The quantitative estimate of drug-likeness (QED) is 0.745. The standard InChI is InChI=1S/C14H22N2O2.ClH/c1-10(7-11(2)17)9-16-14(18)13-5-3-12(8-15)4-6-13;/h3-6,10-11,17H,7-9,15H2,1-2H3,(H,16,18);1H. The molecule has 1 aromatic rings. The number of hydrogen-bond acceptors (Lipinski definition) is 3. The summed E-state index contributed by atoms with van der Waals surface area (Å²) in [6.07, 6.45) is 0.354. The van der Waals surface area contributed by atoms with Crippen LogP contribution in [0.5, 0.6) is 0 Å². The highest BCUT2D eigenvalue weighted by molar-refractivity contribution is 5.94. The van der Waals surface area contributed by atoms with Gasteiger partial charge in [-0.25, -0.2) is 0 Å². The van der Waals surface area contributed by atoms with Gasteiger partial charge in [0.05, 0.1) is 6.10 Å². The van der Waals surface area contributed by atoms with Crippen LogP contribution in [0.3, 0.4) is 0 Å². The number of aliphatic hydroxyl groups excluding tert-OH is 1. The molecule has 0 bridgehead atoms. The first-order valence-electron chi connectivity index (χ1n) is 6.28. The van der Waals surface area contributed by atoms with Crippen molar-refractivity contribution in [3.05, 3.63) is 35.4 Å². The highest BCUT2D eigenvalue weighted by Crippen LogP contribution is 2.06. The highest BCUT2D eigenvalue weighted by Gasteiger charge is 2.09. The molecule has 0 fully saturated rings. The molecule has 2 atom stereocenters. The first-order chi connectivity index (χ1) is 8.52. The molecular weight excluding hydrogens is 264 g/mol. The van der Waals surface area contributed by atoms with Gasteiger partial charge < -0.3 is 16.2 Å². The van der Waals surface area contributed by atoms with Crippen LogP contribution in [-0.2, 0) is 6.54 Å². The van der Waals surface area contributed by atoms with Crippen LogP contribution in [-0.4, -0.2) is 23.7 Å². The molecule has 0 saturated heterocycles. The first kappa shape index (κ1) is 17.9. The Morgan fingerprint density at radius 3 is 2.37 bits per heavy atom. The van der Waals surface area contributed by atoms with Crippen molar-refractivity contribution in [3.63, 3.8) is 0 Å². The van der Waals surface area contributed by atoms with E-state index in [4.69, 9.17) is 5.73 Å². The molecule has 2 unspecified atom stereocenters. The fraction of sp³-hybridized carbons (Fsp3) is 0.500. The molecule has 4 N–H and O–H groups in total. The number of rotatable bonds is 6. The average molecular weight is 287 g/mol. The van der Waals surface area contributed by atoms with Gasteiger partial charge in [-0.1, -0.05) is 19.1 Å². The number of hydrogen-bond donors (Lipinski definition) is 3. The number of nitrogens with one attached hydrogen (secondary N) is 1. The van der Waals surface area contributed by atoms with Crippen LogP contribution < -0.4 is 11.1 Å². The van der Waals surface area contributed by atoms with Crippen LogP contribution in [0.25, 0.3) is 0 Å². The first-order valence-corrected chi connectivity index (χ1v) is 6.28. The van der Waals surface area contributed by atoms with Crippen molar-refractivity contribution < 1.29 is 9.90 Å². The molecule has 1 aromatic carbocycles. The summed E-state index contributed by atoms with van der Waals surface area (Å²) in [7, 11) is 0. The minimum absolute atomic E-state index is 0. The lowest BCUT2D eigenvalue weighted by Gasteiger charge is -2.14. The molecule has 0 aliphatic rings. The minimum atomic E-state index is -0.333. The van der Waals surface area contributed by atoms with E-state index in [1.54, 1.807) is 19.1 Å². The van der Waals surface area contributed by atoms with E-state index in [1.807, 2.05) is 19.1 Å². The molecule has 0 aliphatic carbocycles. The van der Waals surface area contributed by atoms with Crippen molar-refractivity contribution in [1.29, 1.82) is 0 Å². The maximum absolute atomic E-state index is 11.8. The summed E-state index contributed by atoms with van der Waals surface area (Å²) < 4.78 is 0. The third-order valence-corrected chi connectivity index (χ3v) is 2.81. The third kappa shape index (κ3) is 6.57. The van der Waals surface area contributed by atoms with E-state index in [9.17, 15) is 9.90 Å². The van der Waals surface area contributed by atoms with Crippen LogP contribution >= 0.6 is 12.4 Å². The summed E-state index contributed by atoms with van der Waals surface area (Å²) in [5, 5.41) is 12.1. The molecule has 0 aromatic heterocycles. The Morgan fingerprint density at radius 2 is 1.89 bits per heavy atom. The van der Waals surface area contributed by atoms with Gasteiger partial charge in [-0.15, -0.1) is 12.4 Å². The number of halogens is 1. The molecule has 0 saturated carbocycles. The van der Waals surface area contributed by atoms with Gasteiger partial charge in [-0.05, 0) is 37.0 Å². The number of carbonyl (C=O) groups is 1. The SMILES string of the molecule is CC(O)CC(C)CNC(=O)c1ccc(CN)cc1.Cl. The van der Waals surface area contributed by atoms with Crippen molar-refractivity contribution in [2.45, 2.75) is 32.9 Å². The minimum Gasteiger partial charge on any atom is -0.393 e. The van der Waals surface area contributed by atoms with Gasteiger partial charge in [0.25, 0.3) is 5.91 Å². The van der Waals surface area contributed by atoms with Gasteiger partial charge >= 0.3 is 0 Å².